The molecule has 0 heterocycles. The first-order valence-corrected chi connectivity index (χ1v) is 7.68. The second-order valence-electron chi connectivity index (χ2n) is 4.77. The zero-order chi connectivity index (χ0) is 12.9. The lowest BCUT2D eigenvalue weighted by Crippen LogP contribution is -2.26. The van der Waals surface area contributed by atoms with Gasteiger partial charge in [-0.2, -0.15) is 0 Å². The van der Waals surface area contributed by atoms with Gasteiger partial charge in [0, 0.05) is 8.48 Å². The number of hydrogen-bond donors (Lipinski definition) is 1. The Kier molecular flexibility index (Phi) is 6.03. The van der Waals surface area contributed by atoms with Crippen LogP contribution in [0.4, 0.5) is 0 Å². The summed E-state index contributed by atoms with van der Waals surface area (Å²) in [5.41, 5.74) is -0.712. The highest BCUT2D eigenvalue weighted by atomic mass is 127. The maximum absolute atomic E-state index is 10.3. The maximum atomic E-state index is 10.3. The minimum atomic E-state index is -0.712. The third-order valence-corrected chi connectivity index (χ3v) is 5.16. The van der Waals surface area contributed by atoms with Crippen LogP contribution < -0.4 is 0 Å². The number of thioether (sulfide) groups is 1. The van der Waals surface area contributed by atoms with Crippen molar-refractivity contribution >= 4 is 34.4 Å². The van der Waals surface area contributed by atoms with Crippen molar-refractivity contribution in [2.45, 2.75) is 37.7 Å². The minimum absolute atomic E-state index is 0.491. The van der Waals surface area contributed by atoms with Crippen LogP contribution in [0.15, 0.2) is 44.2 Å². The van der Waals surface area contributed by atoms with Gasteiger partial charge in [-0.15, -0.1) is 0 Å². The van der Waals surface area contributed by atoms with Crippen molar-refractivity contribution in [1.29, 1.82) is 0 Å². The molecule has 1 N–H and O–H groups in total. The number of rotatable bonds is 5. The zero-order valence-corrected chi connectivity index (χ0v) is 13.5. The summed E-state index contributed by atoms with van der Waals surface area (Å²) in [6, 6.07) is 10.2. The predicted octanol–water partition coefficient (Wildman–Crippen LogP) is 4.85. The van der Waals surface area contributed by atoms with Crippen LogP contribution >= 0.6 is 34.4 Å². The van der Waals surface area contributed by atoms with Gasteiger partial charge in [-0.3, -0.25) is 0 Å². The normalized spacial score (nSPS) is 16.0. The Morgan fingerprint density at radius 2 is 2.00 bits per heavy atom. The Balaban J connectivity index is 2.66. The molecule has 0 aliphatic rings. The number of hydrogen-bond acceptors (Lipinski definition) is 2. The Labute approximate surface area is 122 Å². The standard InChI is InChI=1S/C14H19IOS/c1-11(2)9-14(3,16)13(15)10-17-12-7-5-4-6-8-12/h4-8,10-11,16H,9H2,1-3H3/b13-10-. The molecule has 0 aromatic heterocycles. The van der Waals surface area contributed by atoms with Gasteiger partial charge in [0.05, 0.1) is 5.60 Å². The Hall–Kier alpha value is -0.000000000000000111. The minimum Gasteiger partial charge on any atom is -0.385 e. The highest BCUT2D eigenvalue weighted by Gasteiger charge is 2.25. The first kappa shape index (κ1) is 15.1. The van der Waals surface area contributed by atoms with E-state index < -0.39 is 5.60 Å². The van der Waals surface area contributed by atoms with E-state index in [1.54, 1.807) is 11.8 Å². The molecule has 0 saturated carbocycles. The van der Waals surface area contributed by atoms with Crippen molar-refractivity contribution < 1.29 is 5.11 Å². The molecule has 0 aliphatic carbocycles. The molecule has 0 radical (unpaired) electrons. The molecule has 1 unspecified atom stereocenters. The topological polar surface area (TPSA) is 20.2 Å². The molecule has 1 aromatic rings. The highest BCUT2D eigenvalue weighted by molar-refractivity contribution is 14.1. The monoisotopic (exact) mass is 362 g/mol. The van der Waals surface area contributed by atoms with Crippen molar-refractivity contribution in [3.05, 3.63) is 39.3 Å². The fraction of sp³-hybridized carbons (Fsp3) is 0.429. The third-order valence-electron chi connectivity index (χ3n) is 2.36. The lowest BCUT2D eigenvalue weighted by atomic mass is 9.95. The first-order valence-electron chi connectivity index (χ1n) is 5.72. The van der Waals surface area contributed by atoms with Crippen LogP contribution in [0.25, 0.3) is 0 Å². The van der Waals surface area contributed by atoms with Gasteiger partial charge >= 0.3 is 0 Å². The predicted molar refractivity (Wildman–Crippen MR) is 84.5 cm³/mol. The smallest absolute Gasteiger partial charge is 0.0932 e. The average Bonchev–Trinajstić information content (AvgIpc) is 2.25. The van der Waals surface area contributed by atoms with Crippen LogP contribution in [0.5, 0.6) is 0 Å². The summed E-state index contributed by atoms with van der Waals surface area (Å²) in [5, 5.41) is 12.4. The van der Waals surface area contributed by atoms with Gasteiger partial charge in [0.15, 0.2) is 0 Å². The molecule has 0 fully saturated rings. The second kappa shape index (κ2) is 6.81. The van der Waals surface area contributed by atoms with E-state index in [-0.39, 0.29) is 0 Å². The number of aliphatic hydroxyl groups is 1. The van der Waals surface area contributed by atoms with Gasteiger partial charge in [-0.1, -0.05) is 43.8 Å². The molecule has 0 spiro atoms. The van der Waals surface area contributed by atoms with Crippen molar-refractivity contribution in [2.75, 3.05) is 0 Å². The molecule has 1 rings (SSSR count). The molecule has 0 amide bonds. The third kappa shape index (κ3) is 5.44. The number of halogens is 1. The fourth-order valence-corrected chi connectivity index (χ4v) is 3.05. The molecule has 1 atom stereocenters. The molecule has 0 aliphatic heterocycles. The summed E-state index contributed by atoms with van der Waals surface area (Å²) >= 11 is 3.89. The lowest BCUT2D eigenvalue weighted by molar-refractivity contribution is 0.0859. The molecular formula is C14H19IOS. The van der Waals surface area contributed by atoms with Gasteiger partial charge < -0.3 is 5.11 Å². The largest absolute Gasteiger partial charge is 0.385 e. The van der Waals surface area contributed by atoms with Crippen molar-refractivity contribution in [1.82, 2.24) is 0 Å². The molecular weight excluding hydrogens is 343 g/mol. The molecule has 0 bridgehead atoms. The van der Waals surface area contributed by atoms with Crippen LogP contribution in [-0.4, -0.2) is 10.7 Å². The van der Waals surface area contributed by atoms with E-state index >= 15 is 0 Å². The van der Waals surface area contributed by atoms with Gasteiger partial charge in [-0.05, 0) is 59.4 Å². The molecule has 3 heteroatoms. The van der Waals surface area contributed by atoms with Crippen LogP contribution in [-0.2, 0) is 0 Å². The summed E-state index contributed by atoms with van der Waals surface area (Å²) in [6.45, 7) is 6.14. The van der Waals surface area contributed by atoms with Crippen molar-refractivity contribution in [3.8, 4) is 0 Å². The summed E-state index contributed by atoms with van der Waals surface area (Å²) in [6.07, 6.45) is 0.789. The summed E-state index contributed by atoms with van der Waals surface area (Å²) in [5.74, 6) is 0.491. The molecule has 1 aromatic carbocycles. The van der Waals surface area contributed by atoms with E-state index in [4.69, 9.17) is 0 Å². The van der Waals surface area contributed by atoms with Crippen molar-refractivity contribution in [3.63, 3.8) is 0 Å². The van der Waals surface area contributed by atoms with E-state index in [0.717, 1.165) is 10.0 Å². The second-order valence-corrected chi connectivity index (χ2v) is 6.87. The fourth-order valence-electron chi connectivity index (χ4n) is 1.64. The SMILES string of the molecule is CC(C)CC(C)(O)/C(I)=C/Sc1ccccc1. The van der Waals surface area contributed by atoms with Crippen LogP contribution in [0.3, 0.4) is 0 Å². The molecule has 94 valence electrons. The quantitative estimate of drug-likeness (QED) is 0.597. The van der Waals surface area contributed by atoms with E-state index in [0.29, 0.717) is 5.92 Å². The van der Waals surface area contributed by atoms with Gasteiger partial charge in [-0.25, -0.2) is 0 Å². The van der Waals surface area contributed by atoms with E-state index in [2.05, 4.69) is 48.6 Å². The summed E-state index contributed by atoms with van der Waals surface area (Å²) in [7, 11) is 0. The van der Waals surface area contributed by atoms with E-state index in [1.807, 2.05) is 30.5 Å². The Bertz CT molecular complexity index is 371. The van der Waals surface area contributed by atoms with Crippen molar-refractivity contribution in [2.24, 2.45) is 5.92 Å². The molecule has 0 saturated heterocycles. The summed E-state index contributed by atoms with van der Waals surface area (Å²) in [4.78, 5) is 1.20. The number of benzene rings is 1. The van der Waals surface area contributed by atoms with Gasteiger partial charge in [0.25, 0.3) is 0 Å². The maximum Gasteiger partial charge on any atom is 0.0932 e. The van der Waals surface area contributed by atoms with E-state index in [9.17, 15) is 5.11 Å². The average molecular weight is 362 g/mol. The summed E-state index contributed by atoms with van der Waals surface area (Å²) < 4.78 is 0.998. The molecule has 17 heavy (non-hydrogen) atoms. The lowest BCUT2D eigenvalue weighted by Gasteiger charge is -2.25. The Morgan fingerprint density at radius 3 is 2.53 bits per heavy atom. The van der Waals surface area contributed by atoms with Gasteiger partial charge in [0.2, 0.25) is 0 Å². The van der Waals surface area contributed by atoms with Crippen LogP contribution in [0.1, 0.15) is 27.2 Å². The van der Waals surface area contributed by atoms with Crippen LogP contribution in [0.2, 0.25) is 0 Å². The van der Waals surface area contributed by atoms with Gasteiger partial charge in [0.1, 0.15) is 0 Å². The highest BCUT2D eigenvalue weighted by Crippen LogP contribution is 2.33. The molecule has 1 nitrogen and oxygen atoms in total. The first-order chi connectivity index (χ1) is 7.92. The van der Waals surface area contributed by atoms with E-state index in [1.165, 1.54) is 4.90 Å². The zero-order valence-electron chi connectivity index (χ0n) is 10.5. The van der Waals surface area contributed by atoms with Crippen LogP contribution in [0, 0.1) is 5.92 Å². The Morgan fingerprint density at radius 1 is 1.41 bits per heavy atom.